The third-order valence-electron chi connectivity index (χ3n) is 5.71. The van der Waals surface area contributed by atoms with Crippen molar-refractivity contribution in [1.82, 2.24) is 15.3 Å². The summed E-state index contributed by atoms with van der Waals surface area (Å²) >= 11 is 6.51. The zero-order chi connectivity index (χ0) is 22.4. The number of aliphatic hydroxyl groups is 1. The lowest BCUT2D eigenvalue weighted by Gasteiger charge is -2.20. The number of hydrogen-bond donors (Lipinski definition) is 3. The number of nitrogens with two attached hydrogens (primary N) is 1. The smallest absolute Gasteiger partial charge is 0.220 e. The number of nitrogen functional groups attached to an aromatic ring is 1. The summed E-state index contributed by atoms with van der Waals surface area (Å²) < 4.78 is 5.00. The standard InChI is InChI=1S/C23H31ClN4O3/c1-14(11-20(29)26-17-5-3-4-6-17)22-18(13-21(30)31-2)23(24)28-19(27-22)12-15-7-9-16(25)10-8-15/h7-10,14,17,21,30H,3-6,11-13,25H2,1-2H3,(H,26,29). The maximum Gasteiger partial charge on any atom is 0.220 e. The molecule has 8 heteroatoms. The van der Waals surface area contributed by atoms with Gasteiger partial charge in [0, 0.05) is 49.6 Å². The Bertz CT molecular complexity index is 885. The van der Waals surface area contributed by atoms with Gasteiger partial charge in [-0.05, 0) is 30.5 Å². The van der Waals surface area contributed by atoms with E-state index in [0.717, 1.165) is 31.2 Å². The minimum absolute atomic E-state index is 0.00691. The van der Waals surface area contributed by atoms with Gasteiger partial charge in [0.2, 0.25) is 5.91 Å². The molecule has 2 atom stereocenters. The van der Waals surface area contributed by atoms with E-state index >= 15 is 0 Å². The van der Waals surface area contributed by atoms with Crippen molar-refractivity contribution in [1.29, 1.82) is 0 Å². The number of ether oxygens (including phenoxy) is 1. The van der Waals surface area contributed by atoms with Gasteiger partial charge in [0.15, 0.2) is 6.29 Å². The van der Waals surface area contributed by atoms with Crippen LogP contribution in [-0.2, 0) is 22.4 Å². The topological polar surface area (TPSA) is 110 Å². The number of carbonyl (C=O) groups is 1. The van der Waals surface area contributed by atoms with Crippen LogP contribution in [0, 0.1) is 0 Å². The fraction of sp³-hybridized carbons (Fsp3) is 0.522. The molecule has 1 aliphatic carbocycles. The molecule has 4 N–H and O–H groups in total. The summed E-state index contributed by atoms with van der Waals surface area (Å²) in [5, 5.41) is 13.4. The molecule has 1 aromatic carbocycles. The van der Waals surface area contributed by atoms with Gasteiger partial charge in [0.05, 0.1) is 5.69 Å². The number of benzene rings is 1. The van der Waals surface area contributed by atoms with Gasteiger partial charge in [-0.1, -0.05) is 43.5 Å². The highest BCUT2D eigenvalue weighted by molar-refractivity contribution is 6.30. The van der Waals surface area contributed by atoms with Crippen LogP contribution >= 0.6 is 11.6 Å². The first kappa shape index (κ1) is 23.4. The predicted octanol–water partition coefficient (Wildman–Crippen LogP) is 3.36. The van der Waals surface area contributed by atoms with Crippen LogP contribution in [0.3, 0.4) is 0 Å². The SMILES string of the molecule is COC(O)Cc1c(Cl)nc(Cc2ccc(N)cc2)nc1C(C)CC(=O)NC1CCCC1. The number of aliphatic hydroxyl groups excluding tert-OH is 1. The van der Waals surface area contributed by atoms with Crippen molar-refractivity contribution in [3.63, 3.8) is 0 Å². The molecule has 0 bridgehead atoms. The van der Waals surface area contributed by atoms with Crippen LogP contribution in [0.1, 0.15) is 67.6 Å². The van der Waals surface area contributed by atoms with Crippen molar-refractivity contribution in [2.75, 3.05) is 12.8 Å². The lowest BCUT2D eigenvalue weighted by Crippen LogP contribution is -2.33. The first-order valence-corrected chi connectivity index (χ1v) is 11.1. The summed E-state index contributed by atoms with van der Waals surface area (Å²) in [4.78, 5) is 21.8. The Morgan fingerprint density at radius 2 is 1.97 bits per heavy atom. The summed E-state index contributed by atoms with van der Waals surface area (Å²) in [5.74, 6) is 0.377. The zero-order valence-corrected chi connectivity index (χ0v) is 18.9. The number of halogens is 1. The van der Waals surface area contributed by atoms with Crippen LogP contribution in [-0.4, -0.2) is 40.4 Å². The molecule has 1 fully saturated rings. The van der Waals surface area contributed by atoms with E-state index in [2.05, 4.69) is 10.3 Å². The summed E-state index contributed by atoms with van der Waals surface area (Å²) in [6.45, 7) is 1.95. The molecular formula is C23H31ClN4O3. The molecule has 7 nitrogen and oxygen atoms in total. The fourth-order valence-corrected chi connectivity index (χ4v) is 4.27. The van der Waals surface area contributed by atoms with E-state index in [1.54, 1.807) is 0 Å². The Balaban J connectivity index is 1.83. The van der Waals surface area contributed by atoms with Gasteiger partial charge in [-0.15, -0.1) is 0 Å². The molecule has 1 heterocycles. The van der Waals surface area contributed by atoms with Crippen LogP contribution in [0.5, 0.6) is 0 Å². The van der Waals surface area contributed by atoms with Gasteiger partial charge in [0.25, 0.3) is 0 Å². The molecule has 2 aromatic rings. The highest BCUT2D eigenvalue weighted by atomic mass is 35.5. The number of amides is 1. The third-order valence-corrected chi connectivity index (χ3v) is 6.02. The molecule has 3 rings (SSSR count). The second-order valence-electron chi connectivity index (χ2n) is 8.26. The Labute approximate surface area is 188 Å². The fourth-order valence-electron chi connectivity index (χ4n) is 4.00. The van der Waals surface area contributed by atoms with E-state index in [9.17, 15) is 9.90 Å². The molecule has 1 saturated carbocycles. The quantitative estimate of drug-likeness (QED) is 0.309. The first-order valence-electron chi connectivity index (χ1n) is 10.8. The largest absolute Gasteiger partial charge is 0.399 e. The third kappa shape index (κ3) is 6.63. The lowest BCUT2D eigenvalue weighted by molar-refractivity contribution is -0.122. The molecule has 168 valence electrons. The molecule has 0 spiro atoms. The molecule has 2 unspecified atom stereocenters. The van der Waals surface area contributed by atoms with Crippen molar-refractivity contribution in [3.8, 4) is 0 Å². The maximum absolute atomic E-state index is 12.6. The van der Waals surface area contributed by atoms with Gasteiger partial charge in [-0.25, -0.2) is 9.97 Å². The van der Waals surface area contributed by atoms with Gasteiger partial charge in [-0.3, -0.25) is 4.79 Å². The van der Waals surface area contributed by atoms with E-state index in [-0.39, 0.29) is 29.4 Å². The van der Waals surface area contributed by atoms with E-state index < -0.39 is 6.29 Å². The second kappa shape index (κ2) is 10.9. The molecule has 31 heavy (non-hydrogen) atoms. The summed E-state index contributed by atoms with van der Waals surface area (Å²) in [6.07, 6.45) is 4.31. The number of rotatable bonds is 9. The molecule has 1 aromatic heterocycles. The van der Waals surface area contributed by atoms with Crippen molar-refractivity contribution in [3.05, 3.63) is 52.1 Å². The van der Waals surface area contributed by atoms with E-state index in [1.807, 2.05) is 31.2 Å². The van der Waals surface area contributed by atoms with E-state index in [0.29, 0.717) is 35.6 Å². The Morgan fingerprint density at radius 3 is 2.61 bits per heavy atom. The number of aromatic nitrogens is 2. The van der Waals surface area contributed by atoms with Crippen molar-refractivity contribution in [2.45, 2.75) is 70.1 Å². The van der Waals surface area contributed by atoms with Crippen LogP contribution in [0.4, 0.5) is 5.69 Å². The second-order valence-corrected chi connectivity index (χ2v) is 8.62. The molecule has 1 aliphatic rings. The van der Waals surface area contributed by atoms with E-state index in [4.69, 9.17) is 27.1 Å². The number of methoxy groups -OCH3 is 1. The summed E-state index contributed by atoms with van der Waals surface area (Å²) in [5.41, 5.74) is 8.74. The lowest BCUT2D eigenvalue weighted by atomic mass is 9.96. The average Bonchev–Trinajstić information content (AvgIpc) is 3.24. The Hall–Kier alpha value is -2.22. The van der Waals surface area contributed by atoms with Crippen molar-refractivity contribution < 1.29 is 14.6 Å². The van der Waals surface area contributed by atoms with Gasteiger partial charge >= 0.3 is 0 Å². The summed E-state index contributed by atoms with van der Waals surface area (Å²) in [6, 6.07) is 7.78. The Morgan fingerprint density at radius 1 is 1.29 bits per heavy atom. The van der Waals surface area contributed by atoms with Gasteiger partial charge < -0.3 is 20.9 Å². The minimum atomic E-state index is -1.03. The van der Waals surface area contributed by atoms with Crippen molar-refractivity contribution in [2.24, 2.45) is 0 Å². The number of hydrogen-bond acceptors (Lipinski definition) is 6. The number of carbonyl (C=O) groups excluding carboxylic acids is 1. The highest BCUT2D eigenvalue weighted by Gasteiger charge is 2.24. The molecule has 0 aliphatic heterocycles. The number of anilines is 1. The van der Waals surface area contributed by atoms with Crippen molar-refractivity contribution >= 4 is 23.2 Å². The van der Waals surface area contributed by atoms with E-state index in [1.165, 1.54) is 7.11 Å². The highest BCUT2D eigenvalue weighted by Crippen LogP contribution is 2.28. The monoisotopic (exact) mass is 446 g/mol. The Kier molecular flexibility index (Phi) is 8.23. The molecule has 0 radical (unpaired) electrons. The van der Waals surface area contributed by atoms with Gasteiger partial charge in [0.1, 0.15) is 11.0 Å². The van der Waals surface area contributed by atoms with Crippen LogP contribution in [0.25, 0.3) is 0 Å². The first-order chi connectivity index (χ1) is 14.9. The molecule has 1 amide bonds. The zero-order valence-electron chi connectivity index (χ0n) is 18.1. The van der Waals surface area contributed by atoms with Crippen LogP contribution in [0.15, 0.2) is 24.3 Å². The maximum atomic E-state index is 12.6. The molecule has 0 saturated heterocycles. The molecular weight excluding hydrogens is 416 g/mol. The normalized spacial score (nSPS) is 16.3. The summed E-state index contributed by atoms with van der Waals surface area (Å²) in [7, 11) is 1.42. The predicted molar refractivity (Wildman–Crippen MR) is 121 cm³/mol. The number of nitrogens with zero attached hydrogens (tertiary/aromatic N) is 2. The van der Waals surface area contributed by atoms with Crippen LogP contribution in [0.2, 0.25) is 5.15 Å². The minimum Gasteiger partial charge on any atom is -0.399 e. The number of nitrogens with one attached hydrogen (secondary N) is 1. The van der Waals surface area contributed by atoms with Crippen LogP contribution < -0.4 is 11.1 Å². The average molecular weight is 447 g/mol. The van der Waals surface area contributed by atoms with Gasteiger partial charge in [-0.2, -0.15) is 0 Å².